The molecule has 1 aromatic carbocycles. The van der Waals surface area contributed by atoms with Gasteiger partial charge in [-0.1, -0.05) is 17.3 Å². The second kappa shape index (κ2) is 9.61. The summed E-state index contributed by atoms with van der Waals surface area (Å²) in [6.07, 6.45) is 5.16. The summed E-state index contributed by atoms with van der Waals surface area (Å²) in [6, 6.07) is 12.9. The van der Waals surface area contributed by atoms with Crippen LogP contribution in [0.5, 0.6) is 5.75 Å². The largest absolute Gasteiger partial charge is 0.487 e. The third kappa shape index (κ3) is 5.18. The summed E-state index contributed by atoms with van der Waals surface area (Å²) in [4.78, 5) is 31.9. The SMILES string of the molecule is Cc1ccc2nc(COc3cccc(C(=O)N4CCC(C(=O)Nc5cc(C)on5)CC4)c3)cn2c1. The summed E-state index contributed by atoms with van der Waals surface area (Å²) in [5.74, 6) is 1.34. The van der Waals surface area contributed by atoms with Gasteiger partial charge in [0.1, 0.15) is 23.8 Å². The van der Waals surface area contributed by atoms with Crippen LogP contribution in [-0.2, 0) is 11.4 Å². The lowest BCUT2D eigenvalue weighted by atomic mass is 9.95. The van der Waals surface area contributed by atoms with E-state index in [0.29, 0.717) is 55.4 Å². The van der Waals surface area contributed by atoms with Crippen molar-refractivity contribution in [3.63, 3.8) is 0 Å². The fourth-order valence-corrected chi connectivity index (χ4v) is 4.28. The van der Waals surface area contributed by atoms with Crippen molar-refractivity contribution in [2.75, 3.05) is 18.4 Å². The minimum absolute atomic E-state index is 0.0651. The van der Waals surface area contributed by atoms with Gasteiger partial charge in [-0.15, -0.1) is 0 Å². The summed E-state index contributed by atoms with van der Waals surface area (Å²) in [5.41, 5.74) is 3.40. The number of pyridine rings is 1. The fourth-order valence-electron chi connectivity index (χ4n) is 4.28. The Hall–Kier alpha value is -4.14. The topological polar surface area (TPSA) is 102 Å². The summed E-state index contributed by atoms with van der Waals surface area (Å²) in [5, 5.41) is 6.59. The molecule has 0 saturated carbocycles. The Morgan fingerprint density at radius 2 is 1.94 bits per heavy atom. The Kier molecular flexibility index (Phi) is 6.22. The highest BCUT2D eigenvalue weighted by Gasteiger charge is 2.28. The number of nitrogens with zero attached hydrogens (tertiary/aromatic N) is 4. The first kappa shape index (κ1) is 22.6. The molecule has 0 aliphatic carbocycles. The fraction of sp³-hybridized carbons (Fsp3) is 0.308. The highest BCUT2D eigenvalue weighted by Crippen LogP contribution is 2.23. The highest BCUT2D eigenvalue weighted by molar-refractivity contribution is 5.95. The number of hydrogen-bond acceptors (Lipinski definition) is 6. The normalized spacial score (nSPS) is 14.3. The van der Waals surface area contributed by atoms with E-state index in [1.165, 1.54) is 0 Å². The Morgan fingerprint density at radius 1 is 1.11 bits per heavy atom. The number of carbonyl (C=O) groups excluding carboxylic acids is 2. The minimum atomic E-state index is -0.167. The lowest BCUT2D eigenvalue weighted by Crippen LogP contribution is -2.41. The summed E-state index contributed by atoms with van der Waals surface area (Å²) in [6.45, 7) is 5.15. The molecule has 0 radical (unpaired) electrons. The number of rotatable bonds is 6. The maximum atomic E-state index is 13.1. The van der Waals surface area contributed by atoms with E-state index in [0.717, 1.165) is 16.9 Å². The van der Waals surface area contributed by atoms with E-state index in [1.807, 2.05) is 48.0 Å². The van der Waals surface area contributed by atoms with Crippen LogP contribution in [0, 0.1) is 19.8 Å². The van der Waals surface area contributed by atoms with Crippen LogP contribution in [0.25, 0.3) is 5.65 Å². The van der Waals surface area contributed by atoms with Crippen molar-refractivity contribution in [2.45, 2.75) is 33.3 Å². The molecule has 1 fully saturated rings. The quantitative estimate of drug-likeness (QED) is 0.454. The molecule has 4 heterocycles. The first-order valence-electron chi connectivity index (χ1n) is 11.7. The van der Waals surface area contributed by atoms with Crippen LogP contribution >= 0.6 is 0 Å². The lowest BCUT2D eigenvalue weighted by Gasteiger charge is -2.31. The van der Waals surface area contributed by atoms with E-state index in [4.69, 9.17) is 9.26 Å². The molecular weight excluding hydrogens is 446 g/mol. The van der Waals surface area contributed by atoms with Crippen molar-refractivity contribution in [2.24, 2.45) is 5.92 Å². The number of imidazole rings is 1. The number of aryl methyl sites for hydroxylation is 2. The van der Waals surface area contributed by atoms with E-state index in [2.05, 4.69) is 15.5 Å². The molecule has 35 heavy (non-hydrogen) atoms. The van der Waals surface area contributed by atoms with Crippen molar-refractivity contribution in [3.05, 3.63) is 77.4 Å². The molecule has 0 unspecified atom stereocenters. The predicted molar refractivity (Wildman–Crippen MR) is 129 cm³/mol. The van der Waals surface area contributed by atoms with Crippen LogP contribution < -0.4 is 10.1 Å². The van der Waals surface area contributed by atoms with E-state index >= 15 is 0 Å². The molecule has 9 nitrogen and oxygen atoms in total. The molecule has 0 bridgehead atoms. The number of carbonyl (C=O) groups is 2. The molecule has 4 aromatic rings. The van der Waals surface area contributed by atoms with E-state index in [9.17, 15) is 9.59 Å². The number of anilines is 1. The van der Waals surface area contributed by atoms with Crippen LogP contribution in [0.2, 0.25) is 0 Å². The van der Waals surface area contributed by atoms with E-state index in [-0.39, 0.29) is 17.7 Å². The Bertz CT molecular complexity index is 1370. The highest BCUT2D eigenvalue weighted by atomic mass is 16.5. The van der Waals surface area contributed by atoms with Crippen LogP contribution in [0.4, 0.5) is 5.82 Å². The van der Waals surface area contributed by atoms with Gasteiger partial charge in [-0.25, -0.2) is 4.98 Å². The predicted octanol–water partition coefficient (Wildman–Crippen LogP) is 4.01. The Morgan fingerprint density at radius 3 is 2.71 bits per heavy atom. The molecular formula is C26H27N5O4. The van der Waals surface area contributed by atoms with Gasteiger partial charge in [0.2, 0.25) is 5.91 Å². The van der Waals surface area contributed by atoms with Gasteiger partial charge in [-0.3, -0.25) is 9.59 Å². The Balaban J connectivity index is 1.16. The van der Waals surface area contributed by atoms with Gasteiger partial charge in [-0.2, -0.15) is 0 Å². The van der Waals surface area contributed by atoms with Crippen molar-refractivity contribution >= 4 is 23.3 Å². The van der Waals surface area contributed by atoms with Crippen LogP contribution in [0.3, 0.4) is 0 Å². The number of piperidine rings is 1. The first-order chi connectivity index (χ1) is 16.9. The average Bonchev–Trinajstić information content (AvgIpc) is 3.47. The second-order valence-electron chi connectivity index (χ2n) is 8.90. The zero-order valence-corrected chi connectivity index (χ0v) is 19.7. The first-order valence-corrected chi connectivity index (χ1v) is 11.7. The van der Waals surface area contributed by atoms with Gasteiger partial charge in [0.15, 0.2) is 5.82 Å². The second-order valence-corrected chi connectivity index (χ2v) is 8.90. The maximum absolute atomic E-state index is 13.1. The molecule has 180 valence electrons. The molecule has 1 aliphatic rings. The zero-order chi connectivity index (χ0) is 24.4. The standard InChI is InChI=1S/C26H27N5O4/c1-17-6-7-24-27-21(15-31(24)14-17)16-34-22-5-3-4-20(13-22)26(33)30-10-8-19(9-11-30)25(32)28-23-12-18(2)35-29-23/h3-7,12-15,19H,8-11,16H2,1-2H3,(H,28,29,32). The number of fused-ring (bicyclic) bond motifs is 1. The van der Waals surface area contributed by atoms with Gasteiger partial charge in [0, 0.05) is 43.0 Å². The number of ether oxygens (including phenoxy) is 1. The summed E-state index contributed by atoms with van der Waals surface area (Å²) < 4.78 is 12.9. The smallest absolute Gasteiger partial charge is 0.253 e. The third-order valence-corrected chi connectivity index (χ3v) is 6.15. The molecule has 3 aromatic heterocycles. The molecule has 1 N–H and O–H groups in total. The lowest BCUT2D eigenvalue weighted by molar-refractivity contribution is -0.121. The van der Waals surface area contributed by atoms with E-state index < -0.39 is 0 Å². The molecule has 9 heteroatoms. The van der Waals surface area contributed by atoms with Gasteiger partial charge in [-0.05, 0) is 56.5 Å². The van der Waals surface area contributed by atoms with Gasteiger partial charge < -0.3 is 23.9 Å². The minimum Gasteiger partial charge on any atom is -0.487 e. The molecule has 1 saturated heterocycles. The summed E-state index contributed by atoms with van der Waals surface area (Å²) >= 11 is 0. The molecule has 0 atom stereocenters. The summed E-state index contributed by atoms with van der Waals surface area (Å²) in [7, 11) is 0. The van der Waals surface area contributed by atoms with E-state index in [1.54, 1.807) is 30.0 Å². The number of amides is 2. The maximum Gasteiger partial charge on any atom is 0.253 e. The molecule has 0 spiro atoms. The molecule has 2 amide bonds. The molecule has 5 rings (SSSR count). The third-order valence-electron chi connectivity index (χ3n) is 6.15. The van der Waals surface area contributed by atoms with Gasteiger partial charge >= 0.3 is 0 Å². The molecule has 1 aliphatic heterocycles. The number of nitrogens with one attached hydrogen (secondary N) is 1. The van der Waals surface area contributed by atoms with Crippen LogP contribution in [-0.4, -0.2) is 44.3 Å². The number of aromatic nitrogens is 3. The van der Waals surface area contributed by atoms with Crippen LogP contribution in [0.1, 0.15) is 40.2 Å². The van der Waals surface area contributed by atoms with Crippen LogP contribution in [0.15, 0.2) is 59.4 Å². The van der Waals surface area contributed by atoms with Crippen molar-refractivity contribution in [3.8, 4) is 5.75 Å². The van der Waals surface area contributed by atoms with Crippen molar-refractivity contribution in [1.82, 2.24) is 19.4 Å². The van der Waals surface area contributed by atoms with Crippen molar-refractivity contribution < 1.29 is 18.8 Å². The Labute approximate surface area is 202 Å². The number of hydrogen-bond donors (Lipinski definition) is 1. The van der Waals surface area contributed by atoms with Gasteiger partial charge in [0.05, 0.1) is 5.69 Å². The zero-order valence-electron chi connectivity index (χ0n) is 19.7. The van der Waals surface area contributed by atoms with Gasteiger partial charge in [0.25, 0.3) is 5.91 Å². The monoisotopic (exact) mass is 473 g/mol. The number of benzene rings is 1. The van der Waals surface area contributed by atoms with Crippen molar-refractivity contribution in [1.29, 1.82) is 0 Å². The average molecular weight is 474 g/mol. The number of likely N-dealkylation sites (tertiary alicyclic amines) is 1.